The van der Waals surface area contributed by atoms with Crippen molar-refractivity contribution in [1.82, 2.24) is 0 Å². The van der Waals surface area contributed by atoms with E-state index in [1.807, 2.05) is 4.90 Å². The zero-order valence-corrected chi connectivity index (χ0v) is 13.6. The van der Waals surface area contributed by atoms with Gasteiger partial charge in [0, 0.05) is 17.8 Å². The fourth-order valence-corrected chi connectivity index (χ4v) is 3.56. The predicted molar refractivity (Wildman–Crippen MR) is 85.7 cm³/mol. The molecule has 1 heterocycles. The topological polar surface area (TPSA) is 20.3 Å². The van der Waals surface area contributed by atoms with Gasteiger partial charge in [0.1, 0.15) is 0 Å². The van der Waals surface area contributed by atoms with Crippen LogP contribution in [-0.2, 0) is 4.79 Å². The Bertz CT molecular complexity index is 510. The van der Waals surface area contributed by atoms with Gasteiger partial charge in [-0.2, -0.15) is 0 Å². The number of nitrogens with zero attached hydrogens (tertiary/aromatic N) is 1. The maximum absolute atomic E-state index is 12.7. The highest BCUT2D eigenvalue weighted by atomic mass is 35.5. The molecule has 0 spiro atoms. The highest BCUT2D eigenvalue weighted by Crippen LogP contribution is 2.45. The third kappa shape index (κ3) is 2.71. The summed E-state index contributed by atoms with van der Waals surface area (Å²) in [5.74, 6) is 1.21. The first-order valence-corrected chi connectivity index (χ1v) is 7.90. The second kappa shape index (κ2) is 5.77. The molecule has 0 radical (unpaired) electrons. The molecule has 0 aliphatic carbocycles. The molecule has 0 fully saturated rings. The molecule has 1 aliphatic rings. The molecule has 20 heavy (non-hydrogen) atoms. The minimum atomic E-state index is -0.137. The van der Waals surface area contributed by atoms with Gasteiger partial charge in [0.05, 0.1) is 5.69 Å². The monoisotopic (exact) mass is 293 g/mol. The first-order chi connectivity index (χ1) is 9.38. The lowest BCUT2D eigenvalue weighted by Gasteiger charge is -2.46. The number of carbonyl (C=O) groups excluding carboxylic acids is 1. The largest absolute Gasteiger partial charge is 0.306 e. The van der Waals surface area contributed by atoms with Gasteiger partial charge < -0.3 is 4.90 Å². The van der Waals surface area contributed by atoms with Crippen molar-refractivity contribution in [2.45, 2.75) is 58.4 Å². The molecule has 1 amide bonds. The molecule has 2 nitrogen and oxygen atoms in total. The van der Waals surface area contributed by atoms with Crippen molar-refractivity contribution >= 4 is 23.2 Å². The van der Waals surface area contributed by atoms with E-state index in [1.54, 1.807) is 0 Å². The number of amides is 1. The van der Waals surface area contributed by atoms with Crippen molar-refractivity contribution in [3.8, 4) is 0 Å². The van der Waals surface area contributed by atoms with Crippen LogP contribution in [-0.4, -0.2) is 17.3 Å². The molecule has 0 N–H and O–H groups in total. The van der Waals surface area contributed by atoms with Crippen LogP contribution in [0.25, 0.3) is 0 Å². The molecule has 1 aliphatic heterocycles. The lowest BCUT2D eigenvalue weighted by molar-refractivity contribution is -0.119. The summed E-state index contributed by atoms with van der Waals surface area (Å²) in [5.41, 5.74) is 3.46. The Kier molecular flexibility index (Phi) is 4.43. The molecule has 0 aromatic heterocycles. The number of hydrogen-bond acceptors (Lipinski definition) is 1. The lowest BCUT2D eigenvalue weighted by Crippen LogP contribution is -2.52. The van der Waals surface area contributed by atoms with Gasteiger partial charge in [0.15, 0.2) is 0 Å². The number of carbonyl (C=O) groups is 1. The van der Waals surface area contributed by atoms with E-state index < -0.39 is 0 Å². The van der Waals surface area contributed by atoms with Crippen LogP contribution in [0.4, 0.5) is 5.69 Å². The van der Waals surface area contributed by atoms with Crippen LogP contribution in [0.3, 0.4) is 0 Å². The maximum atomic E-state index is 12.7. The molecular weight excluding hydrogens is 270 g/mol. The molecule has 0 unspecified atom stereocenters. The SMILES string of the molecule is Cc1cccc2c1N(C(=O)CCCCl)C(C)(C)C[C@@H]2C. The van der Waals surface area contributed by atoms with Gasteiger partial charge >= 0.3 is 0 Å². The standard InChI is InChI=1S/C17H24ClNO/c1-12-7-5-8-14-13(2)11-17(3,4)19(16(12)14)15(20)9-6-10-18/h5,7-8,13H,6,9-11H2,1-4H3/t13-/m0/s1. The fraction of sp³-hybridized carbons (Fsp3) is 0.588. The first kappa shape index (κ1) is 15.4. The van der Waals surface area contributed by atoms with Gasteiger partial charge in [-0.25, -0.2) is 0 Å². The van der Waals surface area contributed by atoms with E-state index in [2.05, 4.69) is 45.9 Å². The molecule has 0 saturated carbocycles. The van der Waals surface area contributed by atoms with E-state index in [9.17, 15) is 4.79 Å². The average Bonchev–Trinajstić information content (AvgIpc) is 2.36. The van der Waals surface area contributed by atoms with E-state index in [0.717, 1.165) is 18.5 Å². The van der Waals surface area contributed by atoms with Gasteiger partial charge in [0.2, 0.25) is 5.91 Å². The van der Waals surface area contributed by atoms with Crippen LogP contribution >= 0.6 is 11.6 Å². The van der Waals surface area contributed by atoms with Crippen molar-refractivity contribution in [2.75, 3.05) is 10.8 Å². The smallest absolute Gasteiger partial charge is 0.227 e. The number of aryl methyl sites for hydroxylation is 1. The number of benzene rings is 1. The van der Waals surface area contributed by atoms with Crippen LogP contribution in [0.15, 0.2) is 18.2 Å². The Labute approximate surface area is 127 Å². The quantitative estimate of drug-likeness (QED) is 0.744. The Morgan fingerprint density at radius 3 is 2.80 bits per heavy atom. The van der Waals surface area contributed by atoms with E-state index in [0.29, 0.717) is 18.2 Å². The maximum Gasteiger partial charge on any atom is 0.227 e. The highest BCUT2D eigenvalue weighted by Gasteiger charge is 2.40. The summed E-state index contributed by atoms with van der Waals surface area (Å²) in [7, 11) is 0. The Morgan fingerprint density at radius 2 is 2.15 bits per heavy atom. The second-order valence-corrected chi connectivity index (χ2v) is 6.83. The molecule has 1 aromatic rings. The van der Waals surface area contributed by atoms with Gasteiger partial charge in [-0.1, -0.05) is 25.1 Å². The number of para-hydroxylation sites is 1. The van der Waals surface area contributed by atoms with Gasteiger partial charge in [-0.05, 0) is 50.7 Å². The molecule has 3 heteroatoms. The van der Waals surface area contributed by atoms with Crippen LogP contribution < -0.4 is 4.90 Å². The average molecular weight is 294 g/mol. The number of fused-ring (bicyclic) bond motifs is 1. The van der Waals surface area contributed by atoms with Crippen LogP contribution in [0.1, 0.15) is 57.1 Å². The van der Waals surface area contributed by atoms with E-state index in [1.165, 1.54) is 11.1 Å². The second-order valence-electron chi connectivity index (χ2n) is 6.45. The summed E-state index contributed by atoms with van der Waals surface area (Å²) < 4.78 is 0. The number of hydrogen-bond donors (Lipinski definition) is 0. The molecular formula is C17H24ClNO. The lowest BCUT2D eigenvalue weighted by atomic mass is 9.79. The minimum Gasteiger partial charge on any atom is -0.306 e. The number of rotatable bonds is 3. The predicted octanol–water partition coefficient (Wildman–Crippen LogP) is 4.63. The van der Waals surface area contributed by atoms with Crippen LogP contribution in [0, 0.1) is 6.92 Å². The van der Waals surface area contributed by atoms with Crippen LogP contribution in [0.2, 0.25) is 0 Å². The Morgan fingerprint density at radius 1 is 1.45 bits per heavy atom. The minimum absolute atomic E-state index is 0.137. The van der Waals surface area contributed by atoms with Gasteiger partial charge in [-0.3, -0.25) is 4.79 Å². The zero-order valence-electron chi connectivity index (χ0n) is 12.9. The number of anilines is 1. The normalized spacial score (nSPS) is 20.6. The fourth-order valence-electron chi connectivity index (χ4n) is 3.43. The van der Waals surface area contributed by atoms with E-state index in [-0.39, 0.29) is 11.4 Å². The number of alkyl halides is 1. The number of halogens is 1. The Balaban J connectivity index is 2.48. The molecule has 110 valence electrons. The van der Waals surface area contributed by atoms with Crippen LogP contribution in [0.5, 0.6) is 0 Å². The van der Waals surface area contributed by atoms with Crippen molar-refractivity contribution in [2.24, 2.45) is 0 Å². The summed E-state index contributed by atoms with van der Waals surface area (Å²) in [6.07, 6.45) is 2.26. The molecule has 0 saturated heterocycles. The zero-order chi connectivity index (χ0) is 14.9. The van der Waals surface area contributed by atoms with Crippen molar-refractivity contribution < 1.29 is 4.79 Å². The summed E-state index contributed by atoms with van der Waals surface area (Å²) in [6.45, 7) is 8.67. The van der Waals surface area contributed by atoms with Gasteiger partial charge in [0.25, 0.3) is 0 Å². The van der Waals surface area contributed by atoms with Crippen molar-refractivity contribution in [3.05, 3.63) is 29.3 Å². The highest BCUT2D eigenvalue weighted by molar-refractivity contribution is 6.18. The van der Waals surface area contributed by atoms with Crippen molar-refractivity contribution in [3.63, 3.8) is 0 Å². The molecule has 0 bridgehead atoms. The van der Waals surface area contributed by atoms with Crippen molar-refractivity contribution in [1.29, 1.82) is 0 Å². The first-order valence-electron chi connectivity index (χ1n) is 7.37. The summed E-state index contributed by atoms with van der Waals surface area (Å²) in [5, 5.41) is 0. The molecule has 1 atom stereocenters. The molecule has 2 rings (SSSR count). The third-order valence-corrected chi connectivity index (χ3v) is 4.48. The summed E-state index contributed by atoms with van der Waals surface area (Å²) in [6, 6.07) is 6.34. The van der Waals surface area contributed by atoms with E-state index >= 15 is 0 Å². The molecule has 1 aromatic carbocycles. The van der Waals surface area contributed by atoms with Gasteiger partial charge in [-0.15, -0.1) is 11.6 Å². The summed E-state index contributed by atoms with van der Waals surface area (Å²) >= 11 is 5.74. The summed E-state index contributed by atoms with van der Waals surface area (Å²) in [4.78, 5) is 14.7. The van der Waals surface area contributed by atoms with E-state index in [4.69, 9.17) is 11.6 Å². The third-order valence-electron chi connectivity index (χ3n) is 4.21. The Hall–Kier alpha value is -1.02.